The summed E-state index contributed by atoms with van der Waals surface area (Å²) in [4.78, 5) is 10.4. The molecule has 1 aromatic rings. The van der Waals surface area contributed by atoms with Gasteiger partial charge in [-0.05, 0) is 25.3 Å². The van der Waals surface area contributed by atoms with Gasteiger partial charge in [0.05, 0.1) is 17.1 Å². The third kappa shape index (κ3) is 2.47. The Balaban J connectivity index is 1.76. The summed E-state index contributed by atoms with van der Waals surface area (Å²) in [5, 5.41) is 10.9. The van der Waals surface area contributed by atoms with E-state index in [1.807, 2.05) is 0 Å². The van der Waals surface area contributed by atoms with E-state index in [9.17, 15) is 14.5 Å². The van der Waals surface area contributed by atoms with Gasteiger partial charge in [0.25, 0.3) is 0 Å². The number of rotatable bonds is 3. The molecular formula is C14H16FNO4. The summed E-state index contributed by atoms with van der Waals surface area (Å²) in [6, 6.07) is 3.30. The van der Waals surface area contributed by atoms with Crippen molar-refractivity contribution in [1.82, 2.24) is 0 Å². The van der Waals surface area contributed by atoms with Gasteiger partial charge in [-0.15, -0.1) is 0 Å². The minimum atomic E-state index is -0.548. The number of ether oxygens (including phenoxy) is 2. The molecule has 1 unspecified atom stereocenters. The lowest BCUT2D eigenvalue weighted by Gasteiger charge is -2.46. The van der Waals surface area contributed by atoms with Crippen LogP contribution in [0.5, 0.6) is 5.75 Å². The van der Waals surface area contributed by atoms with E-state index in [0.717, 1.165) is 43.9 Å². The van der Waals surface area contributed by atoms with Crippen LogP contribution in [0.4, 0.5) is 10.1 Å². The largest absolute Gasteiger partial charge is 0.483 e. The molecule has 1 aliphatic heterocycles. The maximum Gasteiger partial charge on any atom is 0.311 e. The van der Waals surface area contributed by atoms with Crippen molar-refractivity contribution >= 4 is 5.69 Å². The molecule has 1 spiro atoms. The molecule has 1 saturated carbocycles. The maximum atomic E-state index is 13.3. The normalized spacial score (nSPS) is 24.1. The van der Waals surface area contributed by atoms with Crippen molar-refractivity contribution in [1.29, 1.82) is 0 Å². The number of halogens is 1. The smallest absolute Gasteiger partial charge is 0.311 e. The first kappa shape index (κ1) is 13.3. The molecule has 0 radical (unpaired) electrons. The molecule has 1 heterocycles. The molecule has 1 aliphatic carbocycles. The van der Waals surface area contributed by atoms with Crippen LogP contribution in [0.25, 0.3) is 0 Å². The Morgan fingerprint density at radius 2 is 2.25 bits per heavy atom. The summed E-state index contributed by atoms with van der Waals surface area (Å²) in [6.45, 7) is 0.591. The fourth-order valence-corrected chi connectivity index (χ4v) is 2.92. The number of nitro groups is 1. The van der Waals surface area contributed by atoms with Gasteiger partial charge in [-0.2, -0.15) is 0 Å². The molecular weight excluding hydrogens is 265 g/mol. The van der Waals surface area contributed by atoms with E-state index in [2.05, 4.69) is 0 Å². The number of hydrogen-bond donors (Lipinski definition) is 0. The third-order valence-electron chi connectivity index (χ3n) is 4.12. The summed E-state index contributed by atoms with van der Waals surface area (Å²) in [5.41, 5.74) is -0.300. The molecule has 1 saturated heterocycles. The zero-order valence-corrected chi connectivity index (χ0v) is 11.0. The van der Waals surface area contributed by atoms with Crippen LogP contribution in [0.15, 0.2) is 18.2 Å². The van der Waals surface area contributed by atoms with Crippen molar-refractivity contribution in [3.05, 3.63) is 34.1 Å². The van der Waals surface area contributed by atoms with E-state index in [1.165, 1.54) is 0 Å². The number of nitrogens with zero attached hydrogens (tertiary/aromatic N) is 1. The van der Waals surface area contributed by atoms with Gasteiger partial charge < -0.3 is 9.47 Å². The van der Waals surface area contributed by atoms with Crippen LogP contribution >= 0.6 is 0 Å². The molecule has 0 N–H and O–H groups in total. The first-order valence-electron chi connectivity index (χ1n) is 6.83. The molecule has 2 fully saturated rings. The van der Waals surface area contributed by atoms with Gasteiger partial charge in [0.1, 0.15) is 11.9 Å². The fourth-order valence-electron chi connectivity index (χ4n) is 2.92. The molecule has 108 valence electrons. The highest BCUT2D eigenvalue weighted by Gasteiger charge is 2.43. The van der Waals surface area contributed by atoms with Gasteiger partial charge in [-0.1, -0.05) is 0 Å². The van der Waals surface area contributed by atoms with Crippen LogP contribution in [0.2, 0.25) is 0 Å². The minimum absolute atomic E-state index is 0.0105. The Labute approximate surface area is 115 Å². The highest BCUT2D eigenvalue weighted by molar-refractivity contribution is 5.46. The minimum Gasteiger partial charge on any atom is -0.483 e. The monoisotopic (exact) mass is 281 g/mol. The lowest BCUT2D eigenvalue weighted by molar-refractivity contribution is -0.386. The van der Waals surface area contributed by atoms with Crippen molar-refractivity contribution in [2.24, 2.45) is 0 Å². The standard InChI is InChI=1S/C14H16FNO4/c15-10-2-3-12(16(17)18)13(8-10)20-11-4-7-19-14(9-11)5-1-6-14/h2-3,8,11H,1,4-7,9H2. The number of nitro benzene ring substituents is 1. The quantitative estimate of drug-likeness (QED) is 0.630. The predicted molar refractivity (Wildman–Crippen MR) is 69.2 cm³/mol. The van der Waals surface area contributed by atoms with Gasteiger partial charge in [-0.3, -0.25) is 10.1 Å². The molecule has 5 nitrogen and oxygen atoms in total. The van der Waals surface area contributed by atoms with Crippen molar-refractivity contribution in [2.45, 2.75) is 43.8 Å². The second kappa shape index (κ2) is 5.01. The molecule has 20 heavy (non-hydrogen) atoms. The average Bonchev–Trinajstić information content (AvgIpc) is 2.37. The summed E-state index contributed by atoms with van der Waals surface area (Å²) in [7, 11) is 0. The highest BCUT2D eigenvalue weighted by atomic mass is 19.1. The Bertz CT molecular complexity index is 530. The van der Waals surface area contributed by atoms with Gasteiger partial charge in [0.15, 0.2) is 5.75 Å². The molecule has 1 aromatic carbocycles. The molecule has 0 aromatic heterocycles. The Kier molecular flexibility index (Phi) is 3.33. The Morgan fingerprint density at radius 3 is 2.90 bits per heavy atom. The maximum absolute atomic E-state index is 13.3. The Hall–Kier alpha value is -1.69. The number of hydrogen-bond acceptors (Lipinski definition) is 4. The zero-order valence-electron chi connectivity index (χ0n) is 11.0. The lowest BCUT2D eigenvalue weighted by Crippen LogP contribution is -2.48. The van der Waals surface area contributed by atoms with E-state index in [4.69, 9.17) is 9.47 Å². The van der Waals surface area contributed by atoms with Gasteiger partial charge >= 0.3 is 5.69 Å². The van der Waals surface area contributed by atoms with Gasteiger partial charge in [0, 0.05) is 25.0 Å². The second-order valence-electron chi connectivity index (χ2n) is 5.49. The summed E-state index contributed by atoms with van der Waals surface area (Å²) >= 11 is 0. The first-order valence-corrected chi connectivity index (χ1v) is 6.83. The van der Waals surface area contributed by atoms with E-state index >= 15 is 0 Å². The van der Waals surface area contributed by atoms with Crippen molar-refractivity contribution in [2.75, 3.05) is 6.61 Å². The third-order valence-corrected chi connectivity index (χ3v) is 4.12. The summed E-state index contributed by atoms with van der Waals surface area (Å²) < 4.78 is 24.7. The van der Waals surface area contributed by atoms with Crippen LogP contribution in [-0.4, -0.2) is 23.2 Å². The fraction of sp³-hybridized carbons (Fsp3) is 0.571. The van der Waals surface area contributed by atoms with Crippen molar-refractivity contribution in [3.63, 3.8) is 0 Å². The summed E-state index contributed by atoms with van der Waals surface area (Å²) in [6.07, 6.45) is 4.42. The predicted octanol–water partition coefficient (Wildman–Crippen LogP) is 3.21. The van der Waals surface area contributed by atoms with Crippen LogP contribution in [0.3, 0.4) is 0 Å². The SMILES string of the molecule is O=[N+]([O-])c1ccc(F)cc1OC1CCOC2(CCC2)C1. The Morgan fingerprint density at radius 1 is 1.45 bits per heavy atom. The lowest BCUT2D eigenvalue weighted by atomic mass is 9.74. The van der Waals surface area contributed by atoms with Gasteiger partial charge in [0.2, 0.25) is 0 Å². The van der Waals surface area contributed by atoms with E-state index in [1.54, 1.807) is 0 Å². The molecule has 3 rings (SSSR count). The van der Waals surface area contributed by atoms with Crippen LogP contribution in [0.1, 0.15) is 32.1 Å². The molecule has 1 atom stereocenters. The van der Waals surface area contributed by atoms with Crippen molar-refractivity contribution in [3.8, 4) is 5.75 Å². The van der Waals surface area contributed by atoms with E-state index in [-0.39, 0.29) is 23.1 Å². The van der Waals surface area contributed by atoms with Gasteiger partial charge in [-0.25, -0.2) is 4.39 Å². The van der Waals surface area contributed by atoms with Crippen molar-refractivity contribution < 1.29 is 18.8 Å². The average molecular weight is 281 g/mol. The molecule has 0 amide bonds. The van der Waals surface area contributed by atoms with Crippen LogP contribution in [0, 0.1) is 15.9 Å². The van der Waals surface area contributed by atoms with Crippen LogP contribution in [-0.2, 0) is 4.74 Å². The van der Waals surface area contributed by atoms with E-state index < -0.39 is 10.7 Å². The number of benzene rings is 1. The highest BCUT2D eigenvalue weighted by Crippen LogP contribution is 2.43. The molecule has 2 aliphatic rings. The molecule has 0 bridgehead atoms. The first-order chi connectivity index (χ1) is 9.58. The zero-order chi connectivity index (χ0) is 14.2. The second-order valence-corrected chi connectivity index (χ2v) is 5.49. The van der Waals surface area contributed by atoms with Crippen LogP contribution < -0.4 is 4.74 Å². The van der Waals surface area contributed by atoms with E-state index in [0.29, 0.717) is 13.0 Å². The molecule has 6 heteroatoms. The topological polar surface area (TPSA) is 61.6 Å². The summed E-state index contributed by atoms with van der Waals surface area (Å²) in [5.74, 6) is -0.521.